The number of carbonyl (C=O) groups excluding carboxylic acids is 3. The first kappa shape index (κ1) is 24.5. The minimum atomic E-state index is -1.20. The largest absolute Gasteiger partial charge is 0.477 e. The maximum absolute atomic E-state index is 13.0. The lowest BCUT2D eigenvalue weighted by Crippen LogP contribution is -2.70. The van der Waals surface area contributed by atoms with E-state index in [1.165, 1.54) is 39.8 Å². The number of nitrogens with one attached hydrogen (secondary N) is 1. The number of hydrogen-bond donors (Lipinski definition) is 2. The first-order valence-corrected chi connectivity index (χ1v) is 14.9. The van der Waals surface area contributed by atoms with Crippen LogP contribution in [0.15, 0.2) is 51.0 Å². The number of para-hydroxylation sites is 1. The molecular weight excluding hydrogens is 532 g/mol. The van der Waals surface area contributed by atoms with Crippen molar-refractivity contribution in [3.63, 3.8) is 0 Å². The topological polar surface area (TPSA) is 120 Å². The summed E-state index contributed by atoms with van der Waals surface area (Å²) in [6.07, 6.45) is 2.63. The molecule has 0 radical (unpaired) electrons. The standard InChI is InChI=1S/C25H24N4O5S3/c1-12(14-8-9-28(21(14)31)13-6-7-13)15-10-35-23-19(22(32)29(23)20(15)24(33)34)27-18(30)11-36-25-26-16-4-2-3-5-17(16)37-25/h2-5,13,19,23H,6-11H2,1H3,(H,27,30)(H,33,34)/b14-12+/t19-,23-/m1/s1. The van der Waals surface area contributed by atoms with E-state index in [-0.39, 0.29) is 23.3 Å². The number of allylic oxidation sites excluding steroid dienone is 1. The number of amides is 3. The third-order valence-corrected chi connectivity index (χ3v) is 10.6. The molecule has 4 heterocycles. The highest BCUT2D eigenvalue weighted by atomic mass is 32.2. The number of benzene rings is 1. The third kappa shape index (κ3) is 4.34. The second-order valence-electron chi connectivity index (χ2n) is 9.41. The Labute approximate surface area is 225 Å². The SMILES string of the molecule is C/C(C1=C(C(=O)O)N2C(=O)[C@@H](NC(=O)CSc3nc4ccccc4s3)[C@H]2SC1)=C1/CCN(C2CC2)C1=O. The van der Waals surface area contributed by atoms with Gasteiger partial charge in [-0.3, -0.25) is 19.3 Å². The molecule has 6 rings (SSSR count). The Hall–Kier alpha value is -2.83. The zero-order valence-corrected chi connectivity index (χ0v) is 22.4. The molecule has 1 aromatic heterocycles. The maximum Gasteiger partial charge on any atom is 0.352 e. The Morgan fingerprint density at radius 2 is 2.03 bits per heavy atom. The number of rotatable bonds is 7. The fourth-order valence-electron chi connectivity index (χ4n) is 5.04. The smallest absolute Gasteiger partial charge is 0.352 e. The van der Waals surface area contributed by atoms with Crippen LogP contribution in [-0.2, 0) is 19.2 Å². The van der Waals surface area contributed by atoms with Gasteiger partial charge in [-0.25, -0.2) is 9.78 Å². The van der Waals surface area contributed by atoms with E-state index < -0.39 is 23.3 Å². The molecule has 3 amide bonds. The van der Waals surface area contributed by atoms with Crippen molar-refractivity contribution >= 4 is 68.8 Å². The van der Waals surface area contributed by atoms with Crippen molar-refractivity contribution < 1.29 is 24.3 Å². The van der Waals surface area contributed by atoms with Gasteiger partial charge in [0.2, 0.25) is 11.8 Å². The number of likely N-dealkylation sites (tertiary alicyclic amines) is 1. The first-order chi connectivity index (χ1) is 17.8. The summed E-state index contributed by atoms with van der Waals surface area (Å²) in [7, 11) is 0. The van der Waals surface area contributed by atoms with E-state index in [0.29, 0.717) is 41.5 Å². The molecule has 2 N–H and O–H groups in total. The summed E-state index contributed by atoms with van der Waals surface area (Å²) in [6.45, 7) is 2.44. The van der Waals surface area contributed by atoms with E-state index in [4.69, 9.17) is 0 Å². The Morgan fingerprint density at radius 1 is 1.24 bits per heavy atom. The van der Waals surface area contributed by atoms with Crippen molar-refractivity contribution in [2.24, 2.45) is 0 Å². The van der Waals surface area contributed by atoms with E-state index in [0.717, 1.165) is 27.4 Å². The van der Waals surface area contributed by atoms with Gasteiger partial charge in [0.05, 0.1) is 16.0 Å². The Morgan fingerprint density at radius 3 is 2.76 bits per heavy atom. The fourth-order valence-corrected chi connectivity index (χ4v) is 8.35. The van der Waals surface area contributed by atoms with E-state index >= 15 is 0 Å². The molecular formula is C25H24N4O5S3. The van der Waals surface area contributed by atoms with Gasteiger partial charge < -0.3 is 15.3 Å². The number of β-lactam (4-membered cyclic amide) rings is 1. The lowest BCUT2D eigenvalue weighted by Gasteiger charge is -2.49. The van der Waals surface area contributed by atoms with Gasteiger partial charge in [0, 0.05) is 23.9 Å². The zero-order valence-electron chi connectivity index (χ0n) is 19.9. The molecule has 1 aliphatic carbocycles. The van der Waals surface area contributed by atoms with Crippen molar-refractivity contribution in [3.05, 3.63) is 46.7 Å². The Balaban J connectivity index is 1.14. The molecule has 2 aromatic rings. The number of carboxylic acids is 1. The van der Waals surface area contributed by atoms with Crippen LogP contribution in [0.1, 0.15) is 26.2 Å². The van der Waals surface area contributed by atoms with Crippen LogP contribution >= 0.6 is 34.9 Å². The van der Waals surface area contributed by atoms with Crippen LogP contribution < -0.4 is 5.32 Å². The lowest BCUT2D eigenvalue weighted by molar-refractivity contribution is -0.150. The second kappa shape index (κ2) is 9.48. The number of nitrogens with zero attached hydrogens (tertiary/aromatic N) is 3. The summed E-state index contributed by atoms with van der Waals surface area (Å²) < 4.78 is 1.82. The van der Waals surface area contributed by atoms with Gasteiger partial charge in [0.15, 0.2) is 4.34 Å². The van der Waals surface area contributed by atoms with E-state index in [2.05, 4.69) is 10.3 Å². The minimum absolute atomic E-state index is 0.0185. The number of carbonyl (C=O) groups is 4. The van der Waals surface area contributed by atoms with Gasteiger partial charge in [-0.1, -0.05) is 23.9 Å². The quantitative estimate of drug-likeness (QED) is 0.304. The molecule has 1 saturated carbocycles. The zero-order chi connectivity index (χ0) is 25.8. The predicted molar refractivity (Wildman–Crippen MR) is 142 cm³/mol. The van der Waals surface area contributed by atoms with E-state index in [9.17, 15) is 24.3 Å². The predicted octanol–water partition coefficient (Wildman–Crippen LogP) is 2.84. The van der Waals surface area contributed by atoms with Gasteiger partial charge in [-0.15, -0.1) is 23.1 Å². The molecule has 192 valence electrons. The van der Waals surface area contributed by atoms with Gasteiger partial charge >= 0.3 is 5.97 Å². The van der Waals surface area contributed by atoms with Crippen LogP contribution in [0.4, 0.5) is 0 Å². The second-order valence-corrected chi connectivity index (χ2v) is 12.8. The van der Waals surface area contributed by atoms with Crippen LogP contribution in [0.3, 0.4) is 0 Å². The third-order valence-electron chi connectivity index (χ3n) is 7.10. The normalized spacial score (nSPS) is 24.9. The Kier molecular flexibility index (Phi) is 6.28. The molecule has 0 unspecified atom stereocenters. The Bertz CT molecular complexity index is 1380. The molecule has 0 spiro atoms. The van der Waals surface area contributed by atoms with Crippen molar-refractivity contribution in [1.82, 2.24) is 20.1 Å². The number of aromatic nitrogens is 1. The average Bonchev–Trinajstić information content (AvgIpc) is 3.53. The van der Waals surface area contributed by atoms with Gasteiger partial charge in [0.25, 0.3) is 5.91 Å². The average molecular weight is 557 g/mol. The van der Waals surface area contributed by atoms with Crippen LogP contribution in [0.5, 0.6) is 0 Å². The highest BCUT2D eigenvalue weighted by Gasteiger charge is 2.54. The number of thioether (sulfide) groups is 2. The van der Waals surface area contributed by atoms with Crippen molar-refractivity contribution in [2.75, 3.05) is 18.1 Å². The number of aliphatic carboxylic acids is 1. The van der Waals surface area contributed by atoms with E-state index in [1.54, 1.807) is 6.92 Å². The van der Waals surface area contributed by atoms with Crippen LogP contribution in [0.2, 0.25) is 0 Å². The van der Waals surface area contributed by atoms with Crippen LogP contribution in [0.25, 0.3) is 10.2 Å². The molecule has 3 fully saturated rings. The van der Waals surface area contributed by atoms with Crippen molar-refractivity contribution in [3.8, 4) is 0 Å². The maximum atomic E-state index is 13.0. The summed E-state index contributed by atoms with van der Waals surface area (Å²) in [5.41, 5.74) is 2.62. The number of carboxylic acid groups (broad SMARTS) is 1. The highest BCUT2D eigenvalue weighted by molar-refractivity contribution is 8.01. The summed E-state index contributed by atoms with van der Waals surface area (Å²) in [6, 6.07) is 7.28. The molecule has 37 heavy (non-hydrogen) atoms. The number of thiazole rings is 1. The molecule has 4 aliphatic rings. The fraction of sp³-hybridized carbons (Fsp3) is 0.400. The molecule has 2 saturated heterocycles. The number of fused-ring (bicyclic) bond motifs is 2. The minimum Gasteiger partial charge on any atom is -0.477 e. The van der Waals surface area contributed by atoms with Gasteiger partial charge in [0.1, 0.15) is 17.1 Å². The van der Waals surface area contributed by atoms with E-state index in [1.807, 2.05) is 29.2 Å². The molecule has 12 heteroatoms. The summed E-state index contributed by atoms with van der Waals surface area (Å²) in [5.74, 6) is -1.50. The summed E-state index contributed by atoms with van der Waals surface area (Å²) in [5, 5.41) is 12.3. The molecule has 0 bridgehead atoms. The molecule has 9 nitrogen and oxygen atoms in total. The monoisotopic (exact) mass is 556 g/mol. The van der Waals surface area contributed by atoms with Gasteiger partial charge in [-0.2, -0.15) is 0 Å². The molecule has 3 aliphatic heterocycles. The van der Waals surface area contributed by atoms with Crippen LogP contribution in [0, 0.1) is 0 Å². The number of hydrogen-bond acceptors (Lipinski definition) is 8. The summed E-state index contributed by atoms with van der Waals surface area (Å²) in [4.78, 5) is 58.5. The lowest BCUT2D eigenvalue weighted by atomic mass is 9.96. The first-order valence-electron chi connectivity index (χ1n) is 12.0. The van der Waals surface area contributed by atoms with Crippen LogP contribution in [-0.4, -0.2) is 79.1 Å². The molecule has 2 atom stereocenters. The van der Waals surface area contributed by atoms with Crippen molar-refractivity contribution in [2.45, 2.75) is 48.0 Å². The van der Waals surface area contributed by atoms with Crippen molar-refractivity contribution in [1.29, 1.82) is 0 Å². The highest BCUT2D eigenvalue weighted by Crippen LogP contribution is 2.44. The van der Waals surface area contributed by atoms with Gasteiger partial charge in [-0.05, 0) is 49.5 Å². The molecule has 1 aromatic carbocycles. The summed E-state index contributed by atoms with van der Waals surface area (Å²) >= 11 is 4.23.